The Balaban J connectivity index is 0.00000196. The van der Waals surface area contributed by atoms with Crippen molar-refractivity contribution in [2.45, 2.75) is 38.8 Å². The van der Waals surface area contributed by atoms with E-state index < -0.39 is 10.2 Å². The Hall–Kier alpha value is 0.120. The first-order valence-electron chi connectivity index (χ1n) is 4.95. The zero-order valence-electron chi connectivity index (χ0n) is 9.14. The van der Waals surface area contributed by atoms with Gasteiger partial charge in [-0.2, -0.15) is 17.4 Å². The monoisotopic (exact) mass is 257 g/mol. The number of halogens is 1. The normalized spacial score (nSPS) is 23.9. The predicted octanol–water partition coefficient (Wildman–Crippen LogP) is 0.0741. The Kier molecular flexibility index (Phi) is 6.05. The zero-order chi connectivity index (χ0) is 10.8. The third kappa shape index (κ3) is 4.65. The highest BCUT2D eigenvalue weighted by atomic mass is 35.5. The fraction of sp³-hybridized carbons (Fsp3) is 1.00. The van der Waals surface area contributed by atoms with Gasteiger partial charge in [-0.1, -0.05) is 0 Å². The second-order valence-corrected chi connectivity index (χ2v) is 5.74. The number of nitrogens with one attached hydrogen (secondary N) is 1. The average Bonchev–Trinajstić information content (AvgIpc) is 2.01. The summed E-state index contributed by atoms with van der Waals surface area (Å²) in [5.41, 5.74) is 5.72. The SMILES string of the molecule is CC(C)NS(=O)(=O)N1CCCC(N)C1.Cl. The van der Waals surface area contributed by atoms with E-state index in [1.807, 2.05) is 0 Å². The number of nitrogens with zero attached hydrogens (tertiary/aromatic N) is 1. The second-order valence-electron chi connectivity index (χ2n) is 4.04. The molecule has 0 spiro atoms. The molecule has 0 aliphatic carbocycles. The van der Waals surface area contributed by atoms with E-state index >= 15 is 0 Å². The van der Waals surface area contributed by atoms with Crippen molar-refractivity contribution in [3.05, 3.63) is 0 Å². The molecule has 3 N–H and O–H groups in total. The van der Waals surface area contributed by atoms with E-state index in [1.165, 1.54) is 4.31 Å². The van der Waals surface area contributed by atoms with E-state index in [0.29, 0.717) is 13.1 Å². The van der Waals surface area contributed by atoms with E-state index in [2.05, 4.69) is 4.72 Å². The Labute approximate surface area is 98.0 Å². The lowest BCUT2D eigenvalue weighted by Crippen LogP contribution is -2.51. The summed E-state index contributed by atoms with van der Waals surface area (Å²) in [6.07, 6.45) is 1.76. The minimum Gasteiger partial charge on any atom is -0.327 e. The summed E-state index contributed by atoms with van der Waals surface area (Å²) < 4.78 is 27.4. The molecule has 1 fully saturated rings. The number of hydrogen-bond donors (Lipinski definition) is 2. The molecule has 92 valence electrons. The van der Waals surface area contributed by atoms with E-state index in [1.54, 1.807) is 13.8 Å². The molecular weight excluding hydrogens is 238 g/mol. The maximum atomic E-state index is 11.7. The number of nitrogens with two attached hydrogens (primary N) is 1. The van der Waals surface area contributed by atoms with Crippen LogP contribution < -0.4 is 10.5 Å². The molecule has 0 amide bonds. The van der Waals surface area contributed by atoms with Crippen LogP contribution in [0.3, 0.4) is 0 Å². The Morgan fingerprint density at radius 1 is 1.47 bits per heavy atom. The van der Waals surface area contributed by atoms with Crippen molar-refractivity contribution in [3.63, 3.8) is 0 Å². The molecule has 1 heterocycles. The fourth-order valence-corrected chi connectivity index (χ4v) is 3.07. The van der Waals surface area contributed by atoms with Crippen LogP contribution in [0.1, 0.15) is 26.7 Å². The molecule has 1 rings (SSSR count). The van der Waals surface area contributed by atoms with Crippen LogP contribution >= 0.6 is 12.4 Å². The van der Waals surface area contributed by atoms with Crippen molar-refractivity contribution in [1.29, 1.82) is 0 Å². The average molecular weight is 258 g/mol. The van der Waals surface area contributed by atoms with Gasteiger partial charge in [-0.15, -0.1) is 12.4 Å². The first-order valence-corrected chi connectivity index (χ1v) is 6.39. The minimum absolute atomic E-state index is 0. The highest BCUT2D eigenvalue weighted by Crippen LogP contribution is 2.11. The van der Waals surface area contributed by atoms with Crippen molar-refractivity contribution in [1.82, 2.24) is 9.03 Å². The molecule has 0 aromatic carbocycles. The van der Waals surface area contributed by atoms with Gasteiger partial charge in [0.1, 0.15) is 0 Å². The van der Waals surface area contributed by atoms with Crippen LogP contribution in [0, 0.1) is 0 Å². The van der Waals surface area contributed by atoms with Crippen molar-refractivity contribution < 1.29 is 8.42 Å². The summed E-state index contributed by atoms with van der Waals surface area (Å²) in [6, 6.07) is -0.0920. The van der Waals surface area contributed by atoms with Crippen molar-refractivity contribution in [2.75, 3.05) is 13.1 Å². The third-order valence-corrected chi connectivity index (χ3v) is 3.93. The molecule has 1 aliphatic heterocycles. The van der Waals surface area contributed by atoms with Crippen LogP contribution in [0.4, 0.5) is 0 Å². The van der Waals surface area contributed by atoms with Gasteiger partial charge in [-0.25, -0.2) is 0 Å². The lowest BCUT2D eigenvalue weighted by atomic mass is 10.1. The molecule has 0 saturated carbocycles. The first kappa shape index (κ1) is 15.1. The van der Waals surface area contributed by atoms with Crippen LogP contribution in [0.5, 0.6) is 0 Å². The molecule has 0 aromatic heterocycles. The summed E-state index contributed by atoms with van der Waals surface area (Å²) in [5, 5.41) is 0. The Bertz CT molecular complexity index is 282. The summed E-state index contributed by atoms with van der Waals surface area (Å²) >= 11 is 0. The smallest absolute Gasteiger partial charge is 0.279 e. The maximum absolute atomic E-state index is 11.7. The van der Waals surface area contributed by atoms with Crippen LogP contribution in [0.2, 0.25) is 0 Å². The summed E-state index contributed by atoms with van der Waals surface area (Å²) in [6.45, 7) is 4.63. The van der Waals surface area contributed by atoms with Gasteiger partial charge in [0, 0.05) is 25.2 Å². The molecule has 15 heavy (non-hydrogen) atoms. The molecule has 7 heteroatoms. The molecule has 1 atom stereocenters. The van der Waals surface area contributed by atoms with Crippen molar-refractivity contribution >= 4 is 22.6 Å². The van der Waals surface area contributed by atoms with E-state index in [0.717, 1.165) is 12.8 Å². The van der Waals surface area contributed by atoms with E-state index in [4.69, 9.17) is 5.73 Å². The molecule has 0 radical (unpaired) electrons. The van der Waals surface area contributed by atoms with Crippen molar-refractivity contribution in [2.24, 2.45) is 5.73 Å². The van der Waals surface area contributed by atoms with Crippen LogP contribution in [0.15, 0.2) is 0 Å². The molecule has 1 saturated heterocycles. The number of piperidine rings is 1. The highest BCUT2D eigenvalue weighted by molar-refractivity contribution is 7.87. The van der Waals surface area contributed by atoms with Crippen LogP contribution in [0.25, 0.3) is 0 Å². The van der Waals surface area contributed by atoms with E-state index in [-0.39, 0.29) is 24.5 Å². The first-order chi connectivity index (χ1) is 6.42. The van der Waals surface area contributed by atoms with Crippen LogP contribution in [-0.2, 0) is 10.2 Å². The van der Waals surface area contributed by atoms with Gasteiger partial charge >= 0.3 is 0 Å². The third-order valence-electron chi connectivity index (χ3n) is 2.15. The van der Waals surface area contributed by atoms with E-state index in [9.17, 15) is 8.42 Å². The largest absolute Gasteiger partial charge is 0.327 e. The van der Waals surface area contributed by atoms with Gasteiger partial charge in [0.2, 0.25) is 0 Å². The van der Waals surface area contributed by atoms with Crippen LogP contribution in [-0.4, -0.2) is 37.9 Å². The number of hydrogen-bond acceptors (Lipinski definition) is 3. The fourth-order valence-electron chi connectivity index (χ4n) is 1.56. The van der Waals surface area contributed by atoms with Gasteiger partial charge in [-0.3, -0.25) is 0 Å². The van der Waals surface area contributed by atoms with Gasteiger partial charge in [0.15, 0.2) is 0 Å². The Morgan fingerprint density at radius 3 is 2.53 bits per heavy atom. The molecular formula is C8H20ClN3O2S. The Morgan fingerprint density at radius 2 is 2.07 bits per heavy atom. The predicted molar refractivity (Wildman–Crippen MR) is 63.2 cm³/mol. The molecule has 5 nitrogen and oxygen atoms in total. The highest BCUT2D eigenvalue weighted by Gasteiger charge is 2.27. The molecule has 0 bridgehead atoms. The van der Waals surface area contributed by atoms with Gasteiger partial charge in [0.05, 0.1) is 0 Å². The zero-order valence-corrected chi connectivity index (χ0v) is 10.8. The molecule has 1 aliphatic rings. The standard InChI is InChI=1S/C8H19N3O2S.ClH/c1-7(2)10-14(12,13)11-5-3-4-8(9)6-11;/h7-8,10H,3-6,9H2,1-2H3;1H. The summed E-state index contributed by atoms with van der Waals surface area (Å²) in [4.78, 5) is 0. The molecule has 1 unspecified atom stereocenters. The lowest BCUT2D eigenvalue weighted by Gasteiger charge is -2.30. The number of rotatable bonds is 3. The summed E-state index contributed by atoms with van der Waals surface area (Å²) in [7, 11) is -3.31. The van der Waals surface area contributed by atoms with Gasteiger partial charge in [0.25, 0.3) is 10.2 Å². The quantitative estimate of drug-likeness (QED) is 0.752. The second kappa shape index (κ2) is 6.00. The van der Waals surface area contributed by atoms with Gasteiger partial charge in [-0.05, 0) is 26.7 Å². The maximum Gasteiger partial charge on any atom is 0.279 e. The lowest BCUT2D eigenvalue weighted by molar-refractivity contribution is 0.311. The van der Waals surface area contributed by atoms with Crippen molar-refractivity contribution in [3.8, 4) is 0 Å². The molecule has 0 aromatic rings. The summed E-state index contributed by atoms with van der Waals surface area (Å²) in [5.74, 6) is 0. The topological polar surface area (TPSA) is 75.4 Å². The minimum atomic E-state index is -3.31. The van der Waals surface area contributed by atoms with Gasteiger partial charge < -0.3 is 5.73 Å².